The zero-order chi connectivity index (χ0) is 9.14. The van der Waals surface area contributed by atoms with E-state index in [0.29, 0.717) is 0 Å². The molecule has 0 unspecified atom stereocenters. The van der Waals surface area contributed by atoms with Crippen molar-refractivity contribution < 1.29 is 0 Å². The Morgan fingerprint density at radius 1 is 1.58 bits per heavy atom. The van der Waals surface area contributed by atoms with Crippen LogP contribution >= 0.6 is 34.2 Å². The lowest BCUT2D eigenvalue weighted by Crippen LogP contribution is -2.17. The Bertz CT molecular complexity index is 273. The molecule has 0 amide bonds. The van der Waals surface area contributed by atoms with E-state index in [1.807, 2.05) is 19.1 Å². The van der Waals surface area contributed by atoms with Gasteiger partial charge in [0.1, 0.15) is 0 Å². The van der Waals surface area contributed by atoms with E-state index in [2.05, 4.69) is 28.7 Å². The van der Waals surface area contributed by atoms with Gasteiger partial charge in [-0.15, -0.1) is 0 Å². The average molecular weight is 296 g/mol. The summed E-state index contributed by atoms with van der Waals surface area (Å²) in [5, 5.41) is 0.814. The molecule has 0 aliphatic rings. The van der Waals surface area contributed by atoms with Crippen molar-refractivity contribution in [3.05, 3.63) is 32.4 Å². The second kappa shape index (κ2) is 4.44. The first-order valence-corrected chi connectivity index (χ1v) is 5.25. The predicted molar refractivity (Wildman–Crippen MR) is 61.5 cm³/mol. The lowest BCUT2D eigenvalue weighted by atomic mass is 10.1. The second-order valence-electron chi connectivity index (χ2n) is 2.93. The summed E-state index contributed by atoms with van der Waals surface area (Å²) in [5.74, 6) is 0. The van der Waals surface area contributed by atoms with E-state index in [4.69, 9.17) is 17.3 Å². The van der Waals surface area contributed by atoms with Crippen LogP contribution in [0.3, 0.4) is 0 Å². The average Bonchev–Trinajstić information content (AvgIpc) is 1.96. The minimum absolute atomic E-state index is 0.195. The summed E-state index contributed by atoms with van der Waals surface area (Å²) in [6.45, 7) is 1.99. The molecule has 0 aliphatic carbocycles. The lowest BCUT2D eigenvalue weighted by molar-refractivity contribution is 0.738. The third kappa shape index (κ3) is 2.92. The first-order chi connectivity index (χ1) is 5.59. The Morgan fingerprint density at radius 3 is 2.75 bits per heavy atom. The van der Waals surface area contributed by atoms with Crippen molar-refractivity contribution >= 4 is 34.2 Å². The van der Waals surface area contributed by atoms with Gasteiger partial charge in [-0.3, -0.25) is 0 Å². The molecule has 0 radical (unpaired) electrons. The van der Waals surface area contributed by atoms with E-state index in [1.54, 1.807) is 0 Å². The molecule has 0 aromatic heterocycles. The summed E-state index contributed by atoms with van der Waals surface area (Å²) in [6, 6.07) is 6.26. The molecule has 1 nitrogen and oxygen atoms in total. The van der Waals surface area contributed by atoms with Crippen LogP contribution in [0.5, 0.6) is 0 Å². The Kier molecular flexibility index (Phi) is 3.80. The fourth-order valence-corrected chi connectivity index (χ4v) is 1.58. The standard InChI is InChI=1S/C9H11ClIN/c1-6(12)4-7-2-3-9(11)8(10)5-7/h2-3,5-6H,4,12H2,1H3/t6-/m1/s1. The third-order valence-electron chi connectivity index (χ3n) is 1.54. The maximum absolute atomic E-state index is 5.95. The maximum atomic E-state index is 5.95. The molecule has 1 rings (SSSR count). The van der Waals surface area contributed by atoms with Crippen LogP contribution in [0.2, 0.25) is 5.02 Å². The highest BCUT2D eigenvalue weighted by Crippen LogP contribution is 2.19. The monoisotopic (exact) mass is 295 g/mol. The molecule has 0 saturated heterocycles. The highest BCUT2D eigenvalue weighted by Gasteiger charge is 2.00. The molecule has 66 valence electrons. The van der Waals surface area contributed by atoms with E-state index in [0.717, 1.165) is 15.0 Å². The van der Waals surface area contributed by atoms with Gasteiger partial charge in [0.05, 0.1) is 5.02 Å². The molecule has 0 fully saturated rings. The molecule has 0 saturated carbocycles. The predicted octanol–water partition coefficient (Wildman–Crippen LogP) is 2.83. The van der Waals surface area contributed by atoms with Gasteiger partial charge in [-0.2, -0.15) is 0 Å². The van der Waals surface area contributed by atoms with Crippen LogP contribution in [0.1, 0.15) is 12.5 Å². The first-order valence-electron chi connectivity index (χ1n) is 3.79. The van der Waals surface area contributed by atoms with Crippen LogP contribution in [-0.4, -0.2) is 6.04 Å². The third-order valence-corrected chi connectivity index (χ3v) is 3.11. The number of hydrogen-bond donors (Lipinski definition) is 1. The first kappa shape index (κ1) is 10.3. The number of nitrogens with two attached hydrogens (primary N) is 1. The minimum Gasteiger partial charge on any atom is -0.328 e. The fraction of sp³-hybridized carbons (Fsp3) is 0.333. The van der Waals surface area contributed by atoms with Crippen molar-refractivity contribution in [2.24, 2.45) is 5.73 Å². The van der Waals surface area contributed by atoms with E-state index < -0.39 is 0 Å². The highest BCUT2D eigenvalue weighted by molar-refractivity contribution is 14.1. The fourth-order valence-electron chi connectivity index (χ4n) is 1.04. The number of benzene rings is 1. The summed E-state index contributed by atoms with van der Waals surface area (Å²) in [7, 11) is 0. The molecule has 3 heteroatoms. The highest BCUT2D eigenvalue weighted by atomic mass is 127. The van der Waals surface area contributed by atoms with Crippen molar-refractivity contribution in [1.29, 1.82) is 0 Å². The lowest BCUT2D eigenvalue weighted by Gasteiger charge is -2.05. The van der Waals surface area contributed by atoms with Crippen LogP contribution in [0.4, 0.5) is 0 Å². The van der Waals surface area contributed by atoms with Gasteiger partial charge >= 0.3 is 0 Å². The molecule has 1 aromatic carbocycles. The number of hydrogen-bond acceptors (Lipinski definition) is 1. The summed E-state index contributed by atoms with van der Waals surface area (Å²) in [4.78, 5) is 0. The van der Waals surface area contributed by atoms with Gasteiger partial charge in [0.25, 0.3) is 0 Å². The molecule has 12 heavy (non-hydrogen) atoms. The normalized spacial score (nSPS) is 13.0. The smallest absolute Gasteiger partial charge is 0.0542 e. The largest absolute Gasteiger partial charge is 0.328 e. The van der Waals surface area contributed by atoms with E-state index in [9.17, 15) is 0 Å². The van der Waals surface area contributed by atoms with Crippen LogP contribution in [0.25, 0.3) is 0 Å². The van der Waals surface area contributed by atoms with Crippen molar-refractivity contribution in [3.63, 3.8) is 0 Å². The summed E-state index contributed by atoms with van der Waals surface area (Å²) < 4.78 is 1.09. The van der Waals surface area contributed by atoms with Gasteiger partial charge in [-0.1, -0.05) is 17.7 Å². The Labute approximate surface area is 91.4 Å². The molecule has 0 heterocycles. The second-order valence-corrected chi connectivity index (χ2v) is 4.50. The Hall–Kier alpha value is 0.200. The molecular formula is C9H11ClIN. The molecule has 1 atom stereocenters. The van der Waals surface area contributed by atoms with Crippen LogP contribution in [-0.2, 0) is 6.42 Å². The summed E-state index contributed by atoms with van der Waals surface area (Å²) >= 11 is 8.16. The van der Waals surface area contributed by atoms with Crippen molar-refractivity contribution in [2.75, 3.05) is 0 Å². The minimum atomic E-state index is 0.195. The van der Waals surface area contributed by atoms with Gasteiger partial charge < -0.3 is 5.73 Å². The Balaban J connectivity index is 2.82. The van der Waals surface area contributed by atoms with Gasteiger partial charge in [-0.25, -0.2) is 0 Å². The topological polar surface area (TPSA) is 26.0 Å². The van der Waals surface area contributed by atoms with Crippen LogP contribution in [0.15, 0.2) is 18.2 Å². The van der Waals surface area contributed by atoms with E-state index in [-0.39, 0.29) is 6.04 Å². The molecule has 1 aromatic rings. The molecular weight excluding hydrogens is 284 g/mol. The molecule has 0 spiro atoms. The maximum Gasteiger partial charge on any atom is 0.0542 e. The van der Waals surface area contributed by atoms with Gasteiger partial charge in [0.15, 0.2) is 0 Å². The quantitative estimate of drug-likeness (QED) is 0.834. The van der Waals surface area contributed by atoms with Crippen LogP contribution in [0, 0.1) is 3.57 Å². The van der Waals surface area contributed by atoms with Crippen molar-refractivity contribution in [2.45, 2.75) is 19.4 Å². The molecule has 0 bridgehead atoms. The SMILES string of the molecule is C[C@@H](N)Cc1ccc(I)c(Cl)c1. The number of halogens is 2. The van der Waals surface area contributed by atoms with E-state index >= 15 is 0 Å². The summed E-state index contributed by atoms with van der Waals surface area (Å²) in [5.41, 5.74) is 6.87. The zero-order valence-corrected chi connectivity index (χ0v) is 9.76. The molecule has 2 N–H and O–H groups in total. The summed E-state index contributed by atoms with van der Waals surface area (Å²) in [6.07, 6.45) is 0.886. The Morgan fingerprint density at radius 2 is 2.25 bits per heavy atom. The zero-order valence-electron chi connectivity index (χ0n) is 6.85. The van der Waals surface area contributed by atoms with Gasteiger partial charge in [0.2, 0.25) is 0 Å². The molecule has 0 aliphatic heterocycles. The van der Waals surface area contributed by atoms with Gasteiger partial charge in [-0.05, 0) is 53.6 Å². The van der Waals surface area contributed by atoms with E-state index in [1.165, 1.54) is 5.56 Å². The van der Waals surface area contributed by atoms with Crippen LogP contribution < -0.4 is 5.73 Å². The van der Waals surface area contributed by atoms with Crippen molar-refractivity contribution in [3.8, 4) is 0 Å². The van der Waals surface area contributed by atoms with Crippen molar-refractivity contribution in [1.82, 2.24) is 0 Å². The number of rotatable bonds is 2. The van der Waals surface area contributed by atoms with Gasteiger partial charge in [0, 0.05) is 9.61 Å².